The van der Waals surface area contributed by atoms with E-state index in [2.05, 4.69) is 20.8 Å². The quantitative estimate of drug-likeness (QED) is 0.179. The summed E-state index contributed by atoms with van der Waals surface area (Å²) in [4.78, 5) is 43.3. The van der Waals surface area contributed by atoms with Crippen LogP contribution in [0.2, 0.25) is 0 Å². The van der Waals surface area contributed by atoms with Crippen LogP contribution >= 0.6 is 0 Å². The van der Waals surface area contributed by atoms with Crippen molar-refractivity contribution in [3.05, 3.63) is 0 Å². The maximum absolute atomic E-state index is 12.2. The van der Waals surface area contributed by atoms with Gasteiger partial charge in [0.1, 0.15) is 12.4 Å². The van der Waals surface area contributed by atoms with E-state index in [1.807, 2.05) is 4.90 Å². The standard InChI is InChI=1S/C25H44N2O6/c1-7-11-12-13-14-15-16-24(5,6)23-26-17-18-27(23)19-25(31-20(28)8-2,32-21(29)9-3)33-22(30)10-4/h7-19H2,1-6H3. The maximum Gasteiger partial charge on any atom is 0.442 e. The molecule has 0 aromatic carbocycles. The SMILES string of the molecule is CCCCCCCCC(C)(C)C1=NCCN1CC(OC(=O)CC)(OC(=O)CC)OC(=O)CC. The summed E-state index contributed by atoms with van der Waals surface area (Å²) in [5.41, 5.74) is -0.217. The second-order valence-electron chi connectivity index (χ2n) is 9.19. The van der Waals surface area contributed by atoms with Crippen molar-refractivity contribution >= 4 is 23.7 Å². The summed E-state index contributed by atoms with van der Waals surface area (Å²) >= 11 is 0. The Morgan fingerprint density at radius 3 is 1.79 bits per heavy atom. The van der Waals surface area contributed by atoms with Crippen LogP contribution in [0.5, 0.6) is 0 Å². The van der Waals surface area contributed by atoms with Crippen molar-refractivity contribution in [1.29, 1.82) is 0 Å². The molecule has 8 heteroatoms. The first kappa shape index (κ1) is 28.9. The van der Waals surface area contributed by atoms with Gasteiger partial charge in [-0.2, -0.15) is 0 Å². The van der Waals surface area contributed by atoms with Gasteiger partial charge in [0, 0.05) is 31.2 Å². The molecule has 0 N–H and O–H groups in total. The van der Waals surface area contributed by atoms with Crippen molar-refractivity contribution in [2.24, 2.45) is 10.4 Å². The Kier molecular flexibility index (Phi) is 12.4. The number of unbranched alkanes of at least 4 members (excludes halogenated alkanes) is 5. The van der Waals surface area contributed by atoms with E-state index in [0.717, 1.165) is 18.7 Å². The molecule has 0 saturated carbocycles. The Hall–Kier alpha value is -2.12. The van der Waals surface area contributed by atoms with E-state index >= 15 is 0 Å². The highest BCUT2D eigenvalue weighted by molar-refractivity contribution is 5.89. The molecule has 0 radical (unpaired) electrons. The minimum absolute atomic E-state index is 0.0551. The minimum Gasteiger partial charge on any atom is -0.387 e. The van der Waals surface area contributed by atoms with Gasteiger partial charge in [-0.15, -0.1) is 0 Å². The second-order valence-corrected chi connectivity index (χ2v) is 9.19. The van der Waals surface area contributed by atoms with Crippen molar-refractivity contribution in [3.63, 3.8) is 0 Å². The third kappa shape index (κ3) is 9.72. The molecule has 0 unspecified atom stereocenters. The van der Waals surface area contributed by atoms with E-state index < -0.39 is 23.9 Å². The molecule has 0 aromatic heterocycles. The fourth-order valence-corrected chi connectivity index (χ4v) is 3.87. The monoisotopic (exact) mass is 468 g/mol. The van der Waals surface area contributed by atoms with Gasteiger partial charge in [0.2, 0.25) is 0 Å². The van der Waals surface area contributed by atoms with Crippen molar-refractivity contribution in [3.8, 4) is 0 Å². The molecule has 1 rings (SSSR count). The van der Waals surface area contributed by atoms with Gasteiger partial charge in [0.05, 0.1) is 6.54 Å². The molecule has 1 heterocycles. The molecule has 0 amide bonds. The van der Waals surface area contributed by atoms with Gasteiger partial charge in [0.15, 0.2) is 0 Å². The molecule has 0 spiro atoms. The number of aliphatic imine (C=N–C) groups is 1. The van der Waals surface area contributed by atoms with Crippen LogP contribution in [0.25, 0.3) is 0 Å². The molecule has 0 fully saturated rings. The van der Waals surface area contributed by atoms with Crippen LogP contribution in [0, 0.1) is 5.41 Å². The number of ether oxygens (including phenoxy) is 3. The predicted molar refractivity (Wildman–Crippen MR) is 128 cm³/mol. The molecule has 1 aliphatic heterocycles. The van der Waals surface area contributed by atoms with Crippen molar-refractivity contribution in [2.75, 3.05) is 19.6 Å². The number of nitrogens with zero attached hydrogens (tertiary/aromatic N) is 2. The molecule has 190 valence electrons. The fourth-order valence-electron chi connectivity index (χ4n) is 3.87. The maximum atomic E-state index is 12.2. The zero-order valence-electron chi connectivity index (χ0n) is 21.5. The molecule has 0 atom stereocenters. The summed E-state index contributed by atoms with van der Waals surface area (Å²) < 4.78 is 16.4. The smallest absolute Gasteiger partial charge is 0.387 e. The predicted octanol–water partition coefficient (Wildman–Crippen LogP) is 4.99. The molecule has 1 aliphatic rings. The first-order chi connectivity index (χ1) is 15.6. The zero-order chi connectivity index (χ0) is 24.9. The number of hydrogen-bond acceptors (Lipinski definition) is 8. The van der Waals surface area contributed by atoms with Crippen LogP contribution in [0.4, 0.5) is 0 Å². The summed E-state index contributed by atoms with van der Waals surface area (Å²) in [6, 6.07) is 0. The summed E-state index contributed by atoms with van der Waals surface area (Å²) in [5, 5.41) is 0. The number of esters is 3. The molecule has 8 nitrogen and oxygen atoms in total. The van der Waals surface area contributed by atoms with Crippen LogP contribution < -0.4 is 0 Å². The Labute approximate surface area is 199 Å². The van der Waals surface area contributed by atoms with E-state index in [1.165, 1.54) is 32.1 Å². The summed E-state index contributed by atoms with van der Waals surface area (Å²) in [7, 11) is 0. The number of carbonyl (C=O) groups excluding carboxylic acids is 3. The van der Waals surface area contributed by atoms with E-state index in [4.69, 9.17) is 19.2 Å². The lowest BCUT2D eigenvalue weighted by atomic mass is 9.84. The highest BCUT2D eigenvalue weighted by Crippen LogP contribution is 2.32. The highest BCUT2D eigenvalue weighted by atomic mass is 16.9. The highest BCUT2D eigenvalue weighted by Gasteiger charge is 2.47. The van der Waals surface area contributed by atoms with Crippen molar-refractivity contribution in [2.45, 2.75) is 112 Å². The first-order valence-corrected chi connectivity index (χ1v) is 12.6. The third-order valence-electron chi connectivity index (χ3n) is 5.75. The lowest BCUT2D eigenvalue weighted by Gasteiger charge is -2.38. The average Bonchev–Trinajstić information content (AvgIpc) is 3.24. The number of hydrogen-bond donors (Lipinski definition) is 0. The topological polar surface area (TPSA) is 94.5 Å². The van der Waals surface area contributed by atoms with E-state index in [9.17, 15) is 14.4 Å². The van der Waals surface area contributed by atoms with Gasteiger partial charge < -0.3 is 19.1 Å². The number of amidine groups is 1. The Balaban J connectivity index is 3.03. The lowest BCUT2D eigenvalue weighted by Crippen LogP contribution is -2.55. The van der Waals surface area contributed by atoms with E-state index in [-0.39, 0.29) is 31.2 Å². The van der Waals surface area contributed by atoms with Crippen LogP contribution in [-0.4, -0.2) is 54.3 Å². The third-order valence-corrected chi connectivity index (χ3v) is 5.75. The zero-order valence-corrected chi connectivity index (χ0v) is 21.5. The van der Waals surface area contributed by atoms with Crippen LogP contribution in [-0.2, 0) is 28.6 Å². The second kappa shape index (κ2) is 14.2. The van der Waals surface area contributed by atoms with E-state index in [0.29, 0.717) is 13.1 Å². The van der Waals surface area contributed by atoms with Gasteiger partial charge in [-0.1, -0.05) is 80.1 Å². The first-order valence-electron chi connectivity index (χ1n) is 12.6. The minimum atomic E-state index is -2.13. The molecular weight excluding hydrogens is 424 g/mol. The molecule has 33 heavy (non-hydrogen) atoms. The van der Waals surface area contributed by atoms with Gasteiger partial charge in [-0.3, -0.25) is 19.4 Å². The summed E-state index contributed by atoms with van der Waals surface area (Å²) in [6.45, 7) is 12.4. The Morgan fingerprint density at radius 1 is 0.818 bits per heavy atom. The molecule has 0 aromatic rings. The van der Waals surface area contributed by atoms with Crippen LogP contribution in [0.3, 0.4) is 0 Å². The molecule has 0 bridgehead atoms. The normalized spacial score (nSPS) is 14.1. The molecular formula is C25H44N2O6. The van der Waals surface area contributed by atoms with Crippen LogP contribution in [0.15, 0.2) is 4.99 Å². The van der Waals surface area contributed by atoms with E-state index in [1.54, 1.807) is 20.8 Å². The van der Waals surface area contributed by atoms with Crippen LogP contribution in [0.1, 0.15) is 106 Å². The van der Waals surface area contributed by atoms with Crippen molar-refractivity contribution < 1.29 is 28.6 Å². The number of carbonyl (C=O) groups is 3. The lowest BCUT2D eigenvalue weighted by molar-refractivity contribution is -0.331. The summed E-state index contributed by atoms with van der Waals surface area (Å²) in [5.74, 6) is -3.13. The Bertz CT molecular complexity index is 628. The molecule has 0 aliphatic carbocycles. The van der Waals surface area contributed by atoms with Gasteiger partial charge in [-0.25, -0.2) is 0 Å². The van der Waals surface area contributed by atoms with Gasteiger partial charge in [0.25, 0.3) is 0 Å². The molecule has 0 saturated heterocycles. The van der Waals surface area contributed by atoms with Crippen molar-refractivity contribution in [1.82, 2.24) is 4.90 Å². The largest absolute Gasteiger partial charge is 0.442 e. The average molecular weight is 469 g/mol. The van der Waals surface area contributed by atoms with Gasteiger partial charge >= 0.3 is 23.9 Å². The Morgan fingerprint density at radius 2 is 1.30 bits per heavy atom. The summed E-state index contributed by atoms with van der Waals surface area (Å²) in [6.07, 6.45) is 8.39. The van der Waals surface area contributed by atoms with Gasteiger partial charge in [-0.05, 0) is 6.42 Å². The number of rotatable bonds is 16. The fraction of sp³-hybridized carbons (Fsp3) is 0.840.